The molecule has 0 aliphatic carbocycles. The number of nitrogens with zero attached hydrogens (tertiary/aromatic N) is 2. The second kappa shape index (κ2) is 6.62. The van der Waals surface area contributed by atoms with Gasteiger partial charge in [0, 0.05) is 29.3 Å². The summed E-state index contributed by atoms with van der Waals surface area (Å²) in [4.78, 5) is 36.7. The number of carbonyl (C=O) groups excluding carboxylic acids is 1. The Morgan fingerprint density at radius 3 is 2.74 bits per heavy atom. The molecule has 0 saturated carbocycles. The van der Waals surface area contributed by atoms with E-state index in [4.69, 9.17) is 0 Å². The predicted molar refractivity (Wildman–Crippen MR) is 107 cm³/mol. The van der Waals surface area contributed by atoms with Gasteiger partial charge in [-0.05, 0) is 25.0 Å². The van der Waals surface area contributed by atoms with Gasteiger partial charge in [-0.3, -0.25) is 9.59 Å². The first-order chi connectivity index (χ1) is 12.9. The van der Waals surface area contributed by atoms with Crippen molar-refractivity contribution in [2.75, 3.05) is 10.6 Å². The molecule has 0 fully saturated rings. The Labute approximate surface area is 159 Å². The van der Waals surface area contributed by atoms with Gasteiger partial charge in [-0.15, -0.1) is 11.3 Å². The number of nitrogens with one attached hydrogen (secondary N) is 3. The Bertz CT molecular complexity index is 1100. The molecule has 7 nitrogen and oxygen atoms in total. The van der Waals surface area contributed by atoms with Crippen LogP contribution in [0.25, 0.3) is 10.4 Å². The Balaban J connectivity index is 1.81. The number of carbonyl (C=O) groups is 1. The van der Waals surface area contributed by atoms with Crippen molar-refractivity contribution in [2.45, 2.75) is 33.1 Å². The van der Waals surface area contributed by atoms with Gasteiger partial charge in [-0.25, -0.2) is 9.97 Å². The highest BCUT2D eigenvalue weighted by molar-refractivity contribution is 7.15. The van der Waals surface area contributed by atoms with Gasteiger partial charge in [0.2, 0.25) is 5.91 Å². The molecule has 4 heterocycles. The first kappa shape index (κ1) is 17.4. The zero-order chi connectivity index (χ0) is 19.1. The summed E-state index contributed by atoms with van der Waals surface area (Å²) >= 11 is 1.48. The molecular weight excluding hydrogens is 362 g/mol. The normalized spacial score (nSPS) is 13.0. The summed E-state index contributed by atoms with van der Waals surface area (Å²) in [6, 6.07) is 3.70. The number of aromatic amines is 1. The van der Waals surface area contributed by atoms with Gasteiger partial charge in [0.1, 0.15) is 5.82 Å². The molecule has 0 bridgehead atoms. The maximum absolute atomic E-state index is 12.6. The average molecular weight is 381 g/mol. The Hall–Kier alpha value is -3.00. The van der Waals surface area contributed by atoms with E-state index in [1.807, 2.05) is 32.9 Å². The zero-order valence-electron chi connectivity index (χ0n) is 15.2. The topological polar surface area (TPSA) is 99.8 Å². The Kier molecular flexibility index (Phi) is 4.27. The zero-order valence-corrected chi connectivity index (χ0v) is 16.0. The number of pyridine rings is 2. The van der Waals surface area contributed by atoms with E-state index in [9.17, 15) is 9.59 Å². The van der Waals surface area contributed by atoms with Gasteiger partial charge in [-0.2, -0.15) is 0 Å². The minimum Gasteiger partial charge on any atom is -0.354 e. The second-order valence-electron chi connectivity index (χ2n) is 6.77. The summed E-state index contributed by atoms with van der Waals surface area (Å²) in [5, 5.41) is 7.06. The number of rotatable bonds is 4. The average Bonchev–Trinajstić information content (AvgIpc) is 3.21. The monoisotopic (exact) mass is 381 g/mol. The number of thiazole rings is 1. The van der Waals surface area contributed by atoms with Gasteiger partial charge in [-0.1, -0.05) is 13.8 Å². The molecule has 0 aromatic carbocycles. The van der Waals surface area contributed by atoms with Crippen LogP contribution in [-0.4, -0.2) is 20.9 Å². The summed E-state index contributed by atoms with van der Waals surface area (Å²) in [5.74, 6) is 0.629. The lowest BCUT2D eigenvalue weighted by Crippen LogP contribution is -2.14. The van der Waals surface area contributed by atoms with E-state index in [1.54, 1.807) is 12.4 Å². The minimum atomic E-state index is -0.135. The summed E-state index contributed by atoms with van der Waals surface area (Å²) in [7, 11) is 0. The van der Waals surface area contributed by atoms with Gasteiger partial charge in [0.15, 0.2) is 0 Å². The number of anilines is 3. The minimum absolute atomic E-state index is 0.0712. The molecule has 3 aromatic heterocycles. The molecule has 0 spiro atoms. The third-order valence-corrected chi connectivity index (χ3v) is 5.40. The van der Waals surface area contributed by atoms with Crippen LogP contribution in [0.2, 0.25) is 0 Å². The Morgan fingerprint density at radius 2 is 2.04 bits per heavy atom. The van der Waals surface area contributed by atoms with Gasteiger partial charge in [0.05, 0.1) is 27.6 Å². The van der Waals surface area contributed by atoms with Gasteiger partial charge in [0.25, 0.3) is 5.56 Å². The van der Waals surface area contributed by atoms with Crippen molar-refractivity contribution in [3.8, 4) is 10.4 Å². The van der Waals surface area contributed by atoms with Crippen molar-refractivity contribution in [1.29, 1.82) is 0 Å². The fraction of sp³-hybridized carbons (Fsp3) is 0.263. The maximum Gasteiger partial charge on any atom is 0.257 e. The molecule has 3 aromatic rings. The smallest absolute Gasteiger partial charge is 0.257 e. The van der Waals surface area contributed by atoms with Gasteiger partial charge < -0.3 is 15.6 Å². The van der Waals surface area contributed by atoms with Gasteiger partial charge >= 0.3 is 0 Å². The maximum atomic E-state index is 12.6. The van der Waals surface area contributed by atoms with Crippen LogP contribution in [0.3, 0.4) is 0 Å². The van der Waals surface area contributed by atoms with Crippen molar-refractivity contribution < 1.29 is 4.79 Å². The van der Waals surface area contributed by atoms with Crippen LogP contribution in [0.5, 0.6) is 0 Å². The molecule has 27 heavy (non-hydrogen) atoms. The number of aryl methyl sites for hydroxylation is 1. The summed E-state index contributed by atoms with van der Waals surface area (Å²) in [6.45, 7) is 5.96. The summed E-state index contributed by atoms with van der Waals surface area (Å²) in [6.07, 6.45) is 3.66. The first-order valence-electron chi connectivity index (χ1n) is 8.67. The van der Waals surface area contributed by atoms with Crippen LogP contribution in [-0.2, 0) is 11.2 Å². The summed E-state index contributed by atoms with van der Waals surface area (Å²) in [5.41, 5.74) is 3.70. The first-order valence-corrected chi connectivity index (χ1v) is 9.49. The van der Waals surface area contributed by atoms with E-state index in [0.717, 1.165) is 32.5 Å². The summed E-state index contributed by atoms with van der Waals surface area (Å²) < 4.78 is 0. The molecular formula is C19H19N5O2S. The largest absolute Gasteiger partial charge is 0.354 e. The molecule has 1 aliphatic rings. The van der Waals surface area contributed by atoms with E-state index in [1.165, 1.54) is 11.3 Å². The van der Waals surface area contributed by atoms with E-state index in [2.05, 4.69) is 25.6 Å². The van der Waals surface area contributed by atoms with Crippen molar-refractivity contribution in [2.24, 2.45) is 0 Å². The predicted octanol–water partition coefficient (Wildman–Crippen LogP) is 3.56. The number of amides is 1. The van der Waals surface area contributed by atoms with Crippen LogP contribution in [0.4, 0.5) is 17.2 Å². The lowest BCUT2D eigenvalue weighted by molar-refractivity contribution is -0.115. The SMILES string of the molecule is Cc1ncc(-c2cc(Nc3ccnc4c3CC(=O)N4)c(C(C)C)[nH]c2=O)s1. The van der Waals surface area contributed by atoms with Crippen LogP contribution in [0.15, 0.2) is 29.3 Å². The van der Waals surface area contributed by atoms with E-state index in [0.29, 0.717) is 11.4 Å². The second-order valence-corrected chi connectivity index (χ2v) is 8.01. The molecule has 1 amide bonds. The van der Waals surface area contributed by atoms with Crippen LogP contribution in [0.1, 0.15) is 36.0 Å². The highest BCUT2D eigenvalue weighted by Gasteiger charge is 2.23. The molecule has 0 unspecified atom stereocenters. The number of aromatic nitrogens is 3. The standard InChI is InChI=1S/C19H19N5O2S/c1-9(2)17-14(6-12(19(26)24-17)15-8-21-10(3)27-15)22-13-4-5-20-18-11(13)7-16(25)23-18/h4-6,8-9H,7H2,1-3H3,(H,24,26)(H2,20,22,23,25). The van der Waals surface area contributed by atoms with Crippen molar-refractivity contribution in [1.82, 2.24) is 15.0 Å². The van der Waals surface area contributed by atoms with E-state index in [-0.39, 0.29) is 23.8 Å². The van der Waals surface area contributed by atoms with E-state index >= 15 is 0 Å². The molecule has 4 rings (SSSR count). The number of H-pyrrole nitrogens is 1. The number of hydrogen-bond donors (Lipinski definition) is 3. The molecule has 0 radical (unpaired) electrons. The molecule has 3 N–H and O–H groups in total. The van der Waals surface area contributed by atoms with Crippen molar-refractivity contribution in [3.05, 3.63) is 51.1 Å². The fourth-order valence-electron chi connectivity index (χ4n) is 3.15. The van der Waals surface area contributed by atoms with E-state index < -0.39 is 0 Å². The molecule has 8 heteroatoms. The lowest BCUT2D eigenvalue weighted by Gasteiger charge is -2.17. The molecule has 0 atom stereocenters. The fourth-order valence-corrected chi connectivity index (χ4v) is 3.94. The highest BCUT2D eigenvalue weighted by Crippen LogP contribution is 2.34. The van der Waals surface area contributed by atoms with Crippen LogP contribution < -0.4 is 16.2 Å². The third-order valence-electron chi connectivity index (χ3n) is 4.46. The Morgan fingerprint density at radius 1 is 1.22 bits per heavy atom. The van der Waals surface area contributed by atoms with Crippen LogP contribution >= 0.6 is 11.3 Å². The molecule has 0 saturated heterocycles. The highest BCUT2D eigenvalue weighted by atomic mass is 32.1. The number of hydrogen-bond acceptors (Lipinski definition) is 6. The quantitative estimate of drug-likeness (QED) is 0.642. The van der Waals surface area contributed by atoms with Crippen LogP contribution in [0, 0.1) is 6.92 Å². The van der Waals surface area contributed by atoms with Crippen molar-refractivity contribution >= 4 is 34.4 Å². The number of fused-ring (bicyclic) bond motifs is 1. The third kappa shape index (κ3) is 3.23. The van der Waals surface area contributed by atoms with Crippen molar-refractivity contribution in [3.63, 3.8) is 0 Å². The molecule has 1 aliphatic heterocycles. The molecule has 138 valence electrons. The lowest BCUT2D eigenvalue weighted by atomic mass is 10.0.